The van der Waals surface area contributed by atoms with Gasteiger partial charge >= 0.3 is 0 Å². The van der Waals surface area contributed by atoms with Crippen molar-refractivity contribution in [2.24, 2.45) is 0 Å². The Morgan fingerprint density at radius 2 is 2.44 bits per heavy atom. The largest absolute Gasteiger partial charge is 0.264 e. The molecule has 1 heterocycles. The van der Waals surface area contributed by atoms with Crippen molar-refractivity contribution in [2.75, 3.05) is 0 Å². The van der Waals surface area contributed by atoms with Crippen LogP contribution in [0.25, 0.3) is 0 Å². The summed E-state index contributed by atoms with van der Waals surface area (Å²) in [7, 11) is 0. The van der Waals surface area contributed by atoms with Gasteiger partial charge in [-0.2, -0.15) is 0 Å². The summed E-state index contributed by atoms with van der Waals surface area (Å²) in [6.07, 6.45) is 2.95. The lowest BCUT2D eigenvalue weighted by Gasteiger charge is -1.93. The summed E-state index contributed by atoms with van der Waals surface area (Å²) in [5.41, 5.74) is 0.444. The Labute approximate surface area is 57.5 Å². The van der Waals surface area contributed by atoms with Gasteiger partial charge in [-0.3, -0.25) is 4.98 Å². The van der Waals surface area contributed by atoms with Crippen molar-refractivity contribution in [2.45, 2.75) is 6.67 Å². The quantitative estimate of drug-likeness (QED) is 0.591. The molecule has 0 fully saturated rings. The Morgan fingerprint density at radius 1 is 1.67 bits per heavy atom. The molecule has 0 saturated carbocycles. The number of aromatic nitrogens is 1. The predicted molar refractivity (Wildman–Crippen MR) is 34.1 cm³/mol. The first-order chi connectivity index (χ1) is 4.34. The number of halogens is 2. The van der Waals surface area contributed by atoms with Crippen LogP contribution in [0.2, 0.25) is 5.02 Å². The fraction of sp³-hybridized carbons (Fsp3) is 0.167. The van der Waals surface area contributed by atoms with Crippen LogP contribution in [0.3, 0.4) is 0 Å². The normalized spacial score (nSPS) is 9.56. The molecule has 0 spiro atoms. The molecular formula is C6H5ClFN. The van der Waals surface area contributed by atoms with Crippen molar-refractivity contribution >= 4 is 11.6 Å². The molecule has 0 aliphatic carbocycles. The fourth-order valence-electron chi connectivity index (χ4n) is 0.509. The first-order valence-corrected chi connectivity index (χ1v) is 2.86. The molecule has 0 unspecified atom stereocenters. The molecule has 1 aromatic heterocycles. The van der Waals surface area contributed by atoms with Gasteiger partial charge in [-0.05, 0) is 6.07 Å². The summed E-state index contributed by atoms with van der Waals surface area (Å²) in [5, 5.41) is 0.438. The van der Waals surface area contributed by atoms with Crippen molar-refractivity contribution in [3.05, 3.63) is 29.0 Å². The first-order valence-electron chi connectivity index (χ1n) is 2.49. The highest BCUT2D eigenvalue weighted by Crippen LogP contribution is 2.13. The lowest BCUT2D eigenvalue weighted by molar-refractivity contribution is 0.484. The molecule has 0 saturated heterocycles. The average Bonchev–Trinajstić information content (AvgIpc) is 1.89. The van der Waals surface area contributed by atoms with Crippen LogP contribution in [0.5, 0.6) is 0 Å². The fourth-order valence-corrected chi connectivity index (χ4v) is 0.664. The summed E-state index contributed by atoms with van der Waals surface area (Å²) in [6.45, 7) is -0.549. The van der Waals surface area contributed by atoms with Crippen LogP contribution in [-0.4, -0.2) is 4.98 Å². The smallest absolute Gasteiger partial charge is 0.117 e. The van der Waals surface area contributed by atoms with Crippen LogP contribution in [0.4, 0.5) is 4.39 Å². The standard InChI is InChI=1S/C6H5ClFN/c7-6-1-2-9-4-5(6)3-8/h1-2,4H,3H2. The van der Waals surface area contributed by atoms with E-state index in [0.717, 1.165) is 0 Å². The van der Waals surface area contributed by atoms with Gasteiger partial charge in [-0.15, -0.1) is 0 Å². The number of hydrogen-bond donors (Lipinski definition) is 0. The topological polar surface area (TPSA) is 12.9 Å². The molecule has 1 aromatic rings. The van der Waals surface area contributed by atoms with E-state index in [1.807, 2.05) is 0 Å². The van der Waals surface area contributed by atoms with Gasteiger partial charge in [0.2, 0.25) is 0 Å². The van der Waals surface area contributed by atoms with E-state index in [0.29, 0.717) is 10.6 Å². The van der Waals surface area contributed by atoms with Crippen LogP contribution >= 0.6 is 11.6 Å². The zero-order valence-corrected chi connectivity index (χ0v) is 5.40. The molecule has 0 aliphatic heterocycles. The number of rotatable bonds is 1. The summed E-state index contributed by atoms with van der Waals surface area (Å²) in [4.78, 5) is 3.69. The van der Waals surface area contributed by atoms with Crippen LogP contribution in [0.1, 0.15) is 5.56 Å². The minimum absolute atomic E-state index is 0.438. The van der Waals surface area contributed by atoms with Gasteiger partial charge in [0, 0.05) is 23.0 Å². The Morgan fingerprint density at radius 3 is 2.89 bits per heavy atom. The van der Waals surface area contributed by atoms with Gasteiger partial charge in [0.15, 0.2) is 0 Å². The number of hydrogen-bond acceptors (Lipinski definition) is 1. The van der Waals surface area contributed by atoms with Crippen molar-refractivity contribution < 1.29 is 4.39 Å². The maximum atomic E-state index is 11.9. The predicted octanol–water partition coefficient (Wildman–Crippen LogP) is 2.20. The number of alkyl halides is 1. The molecule has 48 valence electrons. The zero-order valence-electron chi connectivity index (χ0n) is 4.64. The molecule has 0 radical (unpaired) electrons. The monoisotopic (exact) mass is 145 g/mol. The second kappa shape index (κ2) is 2.78. The zero-order chi connectivity index (χ0) is 6.69. The average molecular weight is 146 g/mol. The third-order valence-electron chi connectivity index (χ3n) is 0.988. The Hall–Kier alpha value is -0.630. The Balaban J connectivity index is 3.01. The third-order valence-corrected chi connectivity index (χ3v) is 1.36. The van der Waals surface area contributed by atoms with Crippen molar-refractivity contribution in [3.63, 3.8) is 0 Å². The van der Waals surface area contributed by atoms with E-state index in [2.05, 4.69) is 4.98 Å². The molecular weight excluding hydrogens is 141 g/mol. The van der Waals surface area contributed by atoms with Gasteiger partial charge in [0.1, 0.15) is 6.67 Å². The van der Waals surface area contributed by atoms with Crippen LogP contribution in [-0.2, 0) is 6.67 Å². The van der Waals surface area contributed by atoms with Crippen LogP contribution in [0.15, 0.2) is 18.5 Å². The SMILES string of the molecule is FCc1cnccc1Cl. The molecule has 1 rings (SSSR count). The van der Waals surface area contributed by atoms with Crippen molar-refractivity contribution in [1.82, 2.24) is 4.98 Å². The minimum atomic E-state index is -0.549. The maximum absolute atomic E-state index is 11.9. The van der Waals surface area contributed by atoms with E-state index in [1.54, 1.807) is 6.07 Å². The van der Waals surface area contributed by atoms with Crippen molar-refractivity contribution in [1.29, 1.82) is 0 Å². The highest BCUT2D eigenvalue weighted by atomic mass is 35.5. The summed E-state index contributed by atoms with van der Waals surface area (Å²) < 4.78 is 11.9. The van der Waals surface area contributed by atoms with Gasteiger partial charge in [-0.25, -0.2) is 4.39 Å². The van der Waals surface area contributed by atoms with E-state index in [-0.39, 0.29) is 0 Å². The summed E-state index contributed by atoms with van der Waals surface area (Å²) in [5.74, 6) is 0. The van der Waals surface area contributed by atoms with Crippen molar-refractivity contribution in [3.8, 4) is 0 Å². The molecule has 0 bridgehead atoms. The van der Waals surface area contributed by atoms with E-state index in [9.17, 15) is 4.39 Å². The van der Waals surface area contributed by atoms with Crippen LogP contribution in [0, 0.1) is 0 Å². The molecule has 0 amide bonds. The molecule has 0 aromatic carbocycles. The lowest BCUT2D eigenvalue weighted by Crippen LogP contribution is -1.80. The molecule has 0 aliphatic rings. The van der Waals surface area contributed by atoms with Gasteiger partial charge in [0.25, 0.3) is 0 Å². The first kappa shape index (κ1) is 6.49. The molecule has 9 heavy (non-hydrogen) atoms. The minimum Gasteiger partial charge on any atom is -0.264 e. The highest BCUT2D eigenvalue weighted by Gasteiger charge is 1.95. The number of nitrogens with zero attached hydrogens (tertiary/aromatic N) is 1. The number of pyridine rings is 1. The maximum Gasteiger partial charge on any atom is 0.117 e. The molecule has 0 atom stereocenters. The van der Waals surface area contributed by atoms with E-state index in [1.165, 1.54) is 12.4 Å². The Bertz CT molecular complexity index is 202. The summed E-state index contributed by atoms with van der Waals surface area (Å²) in [6, 6.07) is 1.57. The van der Waals surface area contributed by atoms with E-state index >= 15 is 0 Å². The lowest BCUT2D eigenvalue weighted by atomic mass is 10.3. The van der Waals surface area contributed by atoms with Gasteiger partial charge < -0.3 is 0 Å². The molecule has 1 nitrogen and oxygen atoms in total. The summed E-state index contributed by atoms with van der Waals surface area (Å²) >= 11 is 5.54. The van der Waals surface area contributed by atoms with Gasteiger partial charge in [0.05, 0.1) is 0 Å². The molecule has 3 heteroatoms. The highest BCUT2D eigenvalue weighted by molar-refractivity contribution is 6.31. The van der Waals surface area contributed by atoms with Gasteiger partial charge in [-0.1, -0.05) is 11.6 Å². The Kier molecular flexibility index (Phi) is 2.01. The van der Waals surface area contributed by atoms with E-state index in [4.69, 9.17) is 11.6 Å². The van der Waals surface area contributed by atoms with Crippen LogP contribution < -0.4 is 0 Å². The third kappa shape index (κ3) is 1.39. The molecule has 0 N–H and O–H groups in total. The second-order valence-corrected chi connectivity index (χ2v) is 2.01. The second-order valence-electron chi connectivity index (χ2n) is 1.60. The van der Waals surface area contributed by atoms with E-state index < -0.39 is 6.67 Å².